The van der Waals surface area contributed by atoms with Crippen molar-refractivity contribution < 1.29 is 0 Å². The van der Waals surface area contributed by atoms with Crippen LogP contribution in [-0.4, -0.2) is 19.7 Å². The molecule has 0 unspecified atom stereocenters. The fourth-order valence-electron chi connectivity index (χ4n) is 1.67. The van der Waals surface area contributed by atoms with Crippen LogP contribution in [0.2, 0.25) is 5.15 Å². The normalized spacial score (nSPS) is 10.9. The lowest BCUT2D eigenvalue weighted by atomic mass is 10.3. The van der Waals surface area contributed by atoms with Crippen molar-refractivity contribution in [3.63, 3.8) is 0 Å². The molecule has 2 aromatic heterocycles. The van der Waals surface area contributed by atoms with Gasteiger partial charge in [-0.3, -0.25) is 4.79 Å². The number of hydrogen-bond acceptors (Lipinski definition) is 3. The summed E-state index contributed by atoms with van der Waals surface area (Å²) < 4.78 is 1.55. The van der Waals surface area contributed by atoms with Gasteiger partial charge in [0.1, 0.15) is 5.39 Å². The van der Waals surface area contributed by atoms with E-state index in [0.29, 0.717) is 11.0 Å². The van der Waals surface area contributed by atoms with Gasteiger partial charge < -0.3 is 4.98 Å². The Labute approximate surface area is 101 Å². The molecule has 0 aliphatic heterocycles. The molecular formula is C11H7ClN4O. The van der Waals surface area contributed by atoms with E-state index < -0.39 is 0 Å². The number of aromatic amines is 1. The molecule has 0 amide bonds. The van der Waals surface area contributed by atoms with Gasteiger partial charge in [-0.1, -0.05) is 29.8 Å². The second-order valence-corrected chi connectivity index (χ2v) is 3.83. The minimum atomic E-state index is -0.290. The van der Waals surface area contributed by atoms with E-state index in [1.807, 2.05) is 30.3 Å². The number of rotatable bonds is 1. The average Bonchev–Trinajstić information content (AvgIpc) is 2.69. The second-order valence-electron chi connectivity index (χ2n) is 3.47. The van der Waals surface area contributed by atoms with E-state index in [-0.39, 0.29) is 10.7 Å². The third-order valence-corrected chi connectivity index (χ3v) is 2.69. The van der Waals surface area contributed by atoms with Crippen molar-refractivity contribution in [3.05, 3.63) is 52.2 Å². The lowest BCUT2D eigenvalue weighted by Gasteiger charge is -2.00. The molecule has 3 aromatic rings. The van der Waals surface area contributed by atoms with Gasteiger partial charge in [-0.2, -0.15) is 5.10 Å². The zero-order chi connectivity index (χ0) is 11.8. The molecule has 0 aliphatic carbocycles. The first-order chi connectivity index (χ1) is 8.27. The number of halogens is 1. The number of fused-ring (bicyclic) bond motifs is 1. The molecular weight excluding hydrogens is 240 g/mol. The summed E-state index contributed by atoms with van der Waals surface area (Å²) in [4.78, 5) is 18.2. The van der Waals surface area contributed by atoms with Crippen LogP contribution in [0.4, 0.5) is 0 Å². The molecule has 0 saturated heterocycles. The first-order valence-electron chi connectivity index (χ1n) is 4.95. The standard InChI is InChI=1S/C11H7ClN4O/c12-9-8-10(13-6-14-11(8)17)16(15-9)7-4-2-1-3-5-7/h1-6H,(H,13,14,17). The zero-order valence-electron chi connectivity index (χ0n) is 8.59. The summed E-state index contributed by atoms with van der Waals surface area (Å²) >= 11 is 5.94. The Balaban J connectivity index is 2.40. The highest BCUT2D eigenvalue weighted by Crippen LogP contribution is 2.20. The van der Waals surface area contributed by atoms with E-state index in [1.165, 1.54) is 6.33 Å². The Morgan fingerprint density at radius 3 is 2.76 bits per heavy atom. The molecule has 6 heteroatoms. The van der Waals surface area contributed by atoms with Gasteiger partial charge in [0.2, 0.25) is 0 Å². The fourth-order valence-corrected chi connectivity index (χ4v) is 1.92. The highest BCUT2D eigenvalue weighted by Gasteiger charge is 2.13. The minimum absolute atomic E-state index is 0.151. The molecule has 84 valence electrons. The summed E-state index contributed by atoms with van der Waals surface area (Å²) in [5, 5.41) is 4.58. The van der Waals surface area contributed by atoms with Gasteiger partial charge in [0.25, 0.3) is 5.56 Å². The van der Waals surface area contributed by atoms with E-state index in [9.17, 15) is 4.79 Å². The van der Waals surface area contributed by atoms with Crippen molar-refractivity contribution in [1.82, 2.24) is 19.7 Å². The Hall–Kier alpha value is -2.14. The second kappa shape index (κ2) is 3.71. The van der Waals surface area contributed by atoms with E-state index >= 15 is 0 Å². The van der Waals surface area contributed by atoms with Crippen molar-refractivity contribution in [2.75, 3.05) is 0 Å². The molecule has 5 nitrogen and oxygen atoms in total. The fraction of sp³-hybridized carbons (Fsp3) is 0. The van der Waals surface area contributed by atoms with Crippen LogP contribution in [0.15, 0.2) is 41.5 Å². The smallest absolute Gasteiger partial charge is 0.263 e. The van der Waals surface area contributed by atoms with Gasteiger partial charge in [0, 0.05) is 0 Å². The molecule has 0 atom stereocenters. The molecule has 1 N–H and O–H groups in total. The quantitative estimate of drug-likeness (QED) is 0.712. The minimum Gasteiger partial charge on any atom is -0.312 e. The third-order valence-electron chi connectivity index (χ3n) is 2.43. The van der Waals surface area contributed by atoms with E-state index in [2.05, 4.69) is 15.1 Å². The molecule has 3 rings (SSSR count). The first kappa shape index (κ1) is 10.0. The summed E-state index contributed by atoms with van der Waals surface area (Å²) in [6.45, 7) is 0. The number of benzene rings is 1. The molecule has 0 fully saturated rings. The summed E-state index contributed by atoms with van der Waals surface area (Å²) in [6, 6.07) is 9.39. The van der Waals surface area contributed by atoms with Crippen LogP contribution < -0.4 is 5.56 Å². The number of hydrogen-bond donors (Lipinski definition) is 1. The molecule has 0 bridgehead atoms. The molecule has 0 aliphatic rings. The van der Waals surface area contributed by atoms with Crippen LogP contribution >= 0.6 is 11.6 Å². The van der Waals surface area contributed by atoms with Crippen LogP contribution in [0, 0.1) is 0 Å². The first-order valence-corrected chi connectivity index (χ1v) is 5.32. The average molecular weight is 247 g/mol. The molecule has 1 aromatic carbocycles. The summed E-state index contributed by atoms with van der Waals surface area (Å²) in [7, 11) is 0. The summed E-state index contributed by atoms with van der Waals surface area (Å²) in [5.41, 5.74) is 0.967. The van der Waals surface area contributed by atoms with Gasteiger partial charge >= 0.3 is 0 Å². The summed E-state index contributed by atoms with van der Waals surface area (Å²) in [6.07, 6.45) is 1.34. The third kappa shape index (κ3) is 1.52. The van der Waals surface area contributed by atoms with E-state index in [4.69, 9.17) is 11.6 Å². The number of nitrogens with zero attached hydrogens (tertiary/aromatic N) is 3. The highest BCUT2D eigenvalue weighted by molar-refractivity contribution is 6.34. The van der Waals surface area contributed by atoms with Gasteiger partial charge in [-0.15, -0.1) is 0 Å². The van der Waals surface area contributed by atoms with Crippen LogP contribution in [0.25, 0.3) is 16.7 Å². The van der Waals surface area contributed by atoms with Crippen molar-refractivity contribution in [1.29, 1.82) is 0 Å². The predicted molar refractivity (Wildman–Crippen MR) is 64.5 cm³/mol. The molecule has 0 spiro atoms. The van der Waals surface area contributed by atoms with Gasteiger partial charge in [-0.05, 0) is 12.1 Å². The Kier molecular flexibility index (Phi) is 2.19. The van der Waals surface area contributed by atoms with Crippen molar-refractivity contribution in [3.8, 4) is 5.69 Å². The van der Waals surface area contributed by atoms with Crippen molar-refractivity contribution in [2.24, 2.45) is 0 Å². The van der Waals surface area contributed by atoms with E-state index in [0.717, 1.165) is 5.69 Å². The maximum Gasteiger partial charge on any atom is 0.263 e. The van der Waals surface area contributed by atoms with Crippen molar-refractivity contribution >= 4 is 22.6 Å². The van der Waals surface area contributed by atoms with Crippen molar-refractivity contribution in [2.45, 2.75) is 0 Å². The zero-order valence-corrected chi connectivity index (χ0v) is 9.35. The maximum absolute atomic E-state index is 11.6. The number of para-hydroxylation sites is 1. The lowest BCUT2D eigenvalue weighted by molar-refractivity contribution is 0.895. The van der Waals surface area contributed by atoms with Crippen LogP contribution in [0.5, 0.6) is 0 Å². The predicted octanol–water partition coefficient (Wildman–Crippen LogP) is 1.76. The molecule has 0 saturated carbocycles. The Bertz CT molecular complexity index is 732. The Morgan fingerprint density at radius 2 is 2.00 bits per heavy atom. The van der Waals surface area contributed by atoms with Crippen LogP contribution in [0.1, 0.15) is 0 Å². The molecule has 17 heavy (non-hydrogen) atoms. The van der Waals surface area contributed by atoms with Gasteiger partial charge in [-0.25, -0.2) is 9.67 Å². The summed E-state index contributed by atoms with van der Waals surface area (Å²) in [5.74, 6) is 0. The molecule has 0 radical (unpaired) electrons. The van der Waals surface area contributed by atoms with Crippen LogP contribution in [-0.2, 0) is 0 Å². The number of aromatic nitrogens is 4. The Morgan fingerprint density at radius 1 is 1.24 bits per heavy atom. The monoisotopic (exact) mass is 246 g/mol. The largest absolute Gasteiger partial charge is 0.312 e. The number of H-pyrrole nitrogens is 1. The number of nitrogens with one attached hydrogen (secondary N) is 1. The lowest BCUT2D eigenvalue weighted by Crippen LogP contribution is -2.06. The van der Waals surface area contributed by atoms with Gasteiger partial charge in [0.15, 0.2) is 10.8 Å². The topological polar surface area (TPSA) is 63.6 Å². The SMILES string of the molecule is O=c1[nH]cnc2c1c(Cl)nn2-c1ccccc1. The maximum atomic E-state index is 11.6. The van der Waals surface area contributed by atoms with E-state index in [1.54, 1.807) is 4.68 Å². The van der Waals surface area contributed by atoms with Gasteiger partial charge in [0.05, 0.1) is 12.0 Å². The molecule has 2 heterocycles. The highest BCUT2D eigenvalue weighted by atomic mass is 35.5. The van der Waals surface area contributed by atoms with Crippen LogP contribution in [0.3, 0.4) is 0 Å².